The molecule has 2 amide bonds. The van der Waals surface area contributed by atoms with Crippen LogP contribution in [0.1, 0.15) is 23.1 Å². The number of piperazine rings is 1. The van der Waals surface area contributed by atoms with Crippen molar-refractivity contribution in [2.24, 2.45) is 0 Å². The van der Waals surface area contributed by atoms with E-state index in [0.717, 1.165) is 18.4 Å². The molecular formula is C24H26N4O3. The third kappa shape index (κ3) is 2.87. The quantitative estimate of drug-likeness (QED) is 0.736. The van der Waals surface area contributed by atoms with Crippen molar-refractivity contribution in [3.63, 3.8) is 0 Å². The number of aliphatic hydroxyl groups excluding tert-OH is 1. The number of rotatable bonds is 3. The molecule has 3 saturated heterocycles. The molecule has 1 aromatic heterocycles. The molecule has 0 unspecified atom stereocenters. The summed E-state index contributed by atoms with van der Waals surface area (Å²) in [5, 5.41) is 10.3. The third-order valence-corrected chi connectivity index (χ3v) is 7.56. The Labute approximate surface area is 181 Å². The number of hydrogen-bond acceptors (Lipinski definition) is 6. The Morgan fingerprint density at radius 1 is 1.06 bits per heavy atom. The molecule has 160 valence electrons. The summed E-state index contributed by atoms with van der Waals surface area (Å²) in [6, 6.07) is 12.2. The summed E-state index contributed by atoms with van der Waals surface area (Å²) in [4.78, 5) is 36.8. The molecule has 0 saturated carbocycles. The topological polar surface area (TPSA) is 77.0 Å². The molecule has 4 aliphatic rings. The second-order valence-corrected chi connectivity index (χ2v) is 9.42. The smallest absolute Gasteiger partial charge is 0.252 e. The zero-order chi connectivity index (χ0) is 21.2. The van der Waals surface area contributed by atoms with Crippen LogP contribution in [-0.4, -0.2) is 80.0 Å². The number of amides is 2. The summed E-state index contributed by atoms with van der Waals surface area (Å²) < 4.78 is 0. The fourth-order valence-electron chi connectivity index (χ4n) is 5.99. The number of carbonyl (C=O) groups excluding carboxylic acids is 2. The van der Waals surface area contributed by atoms with Gasteiger partial charge in [-0.2, -0.15) is 0 Å². The number of nitrogens with zero attached hydrogens (tertiary/aromatic N) is 4. The second kappa shape index (κ2) is 6.95. The number of fused-ring (bicyclic) bond motifs is 3. The van der Waals surface area contributed by atoms with E-state index in [1.165, 1.54) is 16.0 Å². The maximum atomic E-state index is 13.7. The van der Waals surface area contributed by atoms with Crippen molar-refractivity contribution in [2.75, 3.05) is 19.6 Å². The van der Waals surface area contributed by atoms with Crippen molar-refractivity contribution in [2.45, 2.75) is 49.5 Å². The first-order chi connectivity index (χ1) is 15.0. The SMILES string of the molecule is O=C1[C@@H]2C[C@@H](O)CN2C2(CN(C3Cc4ccccc4C3)C2)C(=O)N1Cc1cccnc1. The first kappa shape index (κ1) is 19.1. The highest BCUT2D eigenvalue weighted by Crippen LogP contribution is 2.43. The summed E-state index contributed by atoms with van der Waals surface area (Å²) in [5.74, 6) is -0.318. The van der Waals surface area contributed by atoms with Crippen molar-refractivity contribution in [1.82, 2.24) is 19.7 Å². The zero-order valence-electron chi connectivity index (χ0n) is 17.4. The average molecular weight is 418 g/mol. The van der Waals surface area contributed by atoms with E-state index in [-0.39, 0.29) is 18.4 Å². The van der Waals surface area contributed by atoms with Gasteiger partial charge in [-0.25, -0.2) is 0 Å². The van der Waals surface area contributed by atoms with Crippen LogP contribution in [0.25, 0.3) is 0 Å². The molecule has 2 atom stereocenters. The second-order valence-electron chi connectivity index (χ2n) is 9.42. The number of aromatic nitrogens is 1. The predicted octanol–water partition coefficient (Wildman–Crippen LogP) is 0.607. The number of likely N-dealkylation sites (tertiary alicyclic amines) is 1. The molecule has 7 heteroatoms. The molecular weight excluding hydrogens is 392 g/mol. The molecule has 31 heavy (non-hydrogen) atoms. The van der Waals surface area contributed by atoms with Crippen molar-refractivity contribution in [3.05, 3.63) is 65.5 Å². The molecule has 6 rings (SSSR count). The fourth-order valence-corrected chi connectivity index (χ4v) is 5.99. The highest BCUT2D eigenvalue weighted by atomic mass is 16.3. The summed E-state index contributed by atoms with van der Waals surface area (Å²) >= 11 is 0. The molecule has 1 N–H and O–H groups in total. The van der Waals surface area contributed by atoms with Gasteiger partial charge in [0.25, 0.3) is 5.91 Å². The summed E-state index contributed by atoms with van der Waals surface area (Å²) in [5.41, 5.74) is 2.92. The first-order valence-corrected chi connectivity index (χ1v) is 11.1. The van der Waals surface area contributed by atoms with Crippen LogP contribution < -0.4 is 0 Å². The average Bonchev–Trinajstić information content (AvgIpc) is 3.35. The molecule has 1 aromatic carbocycles. The lowest BCUT2D eigenvalue weighted by atomic mass is 9.81. The Hall–Kier alpha value is -2.61. The highest BCUT2D eigenvalue weighted by molar-refractivity contribution is 6.06. The zero-order valence-corrected chi connectivity index (χ0v) is 17.4. The van der Waals surface area contributed by atoms with Crippen LogP contribution in [0.15, 0.2) is 48.8 Å². The first-order valence-electron chi connectivity index (χ1n) is 11.1. The van der Waals surface area contributed by atoms with Crippen LogP contribution in [0.5, 0.6) is 0 Å². The molecule has 0 radical (unpaired) electrons. The summed E-state index contributed by atoms with van der Waals surface area (Å²) in [6.45, 7) is 1.86. The van der Waals surface area contributed by atoms with Crippen LogP contribution >= 0.6 is 0 Å². The minimum atomic E-state index is -0.715. The maximum Gasteiger partial charge on any atom is 0.252 e. The maximum absolute atomic E-state index is 13.7. The van der Waals surface area contributed by atoms with Crippen molar-refractivity contribution in [3.8, 4) is 0 Å². The summed E-state index contributed by atoms with van der Waals surface area (Å²) in [6.07, 6.45) is 5.22. The lowest BCUT2D eigenvalue weighted by Crippen LogP contribution is -2.82. The van der Waals surface area contributed by atoms with Gasteiger partial charge in [-0.3, -0.25) is 29.3 Å². The molecule has 1 spiro atoms. The van der Waals surface area contributed by atoms with Gasteiger partial charge in [-0.1, -0.05) is 30.3 Å². The van der Waals surface area contributed by atoms with Gasteiger partial charge in [0.1, 0.15) is 5.54 Å². The Morgan fingerprint density at radius 2 is 1.81 bits per heavy atom. The van der Waals surface area contributed by atoms with E-state index in [0.29, 0.717) is 32.1 Å². The Balaban J connectivity index is 1.26. The van der Waals surface area contributed by atoms with Gasteiger partial charge in [0.15, 0.2) is 0 Å². The van der Waals surface area contributed by atoms with Crippen molar-refractivity contribution < 1.29 is 14.7 Å². The molecule has 2 aromatic rings. The standard InChI is InChI=1S/C24H26N4O3/c29-20-10-21-22(30)27(12-16-4-3-7-25-11-16)23(31)24(28(21)13-20)14-26(15-24)19-8-17-5-1-2-6-18(17)9-19/h1-7,11,19-21,29H,8-10,12-15H2/t20-,21+/m1/s1. The lowest BCUT2D eigenvalue weighted by molar-refractivity contribution is -0.183. The number of hydrogen-bond donors (Lipinski definition) is 1. The van der Waals surface area contributed by atoms with Crippen LogP contribution in [-0.2, 0) is 29.0 Å². The fraction of sp³-hybridized carbons (Fsp3) is 0.458. The molecule has 4 heterocycles. The number of imide groups is 1. The Morgan fingerprint density at radius 3 is 2.48 bits per heavy atom. The number of β-amino-alcohol motifs (C(OH)–C–C–N with tert-alkyl or cyclic N) is 1. The Bertz CT molecular complexity index is 1010. The molecule has 7 nitrogen and oxygen atoms in total. The normalized spacial score (nSPS) is 28.1. The van der Waals surface area contributed by atoms with E-state index >= 15 is 0 Å². The number of pyridine rings is 1. The van der Waals surface area contributed by atoms with Gasteiger partial charge >= 0.3 is 0 Å². The minimum Gasteiger partial charge on any atom is -0.392 e. The number of benzene rings is 1. The molecule has 3 fully saturated rings. The lowest BCUT2D eigenvalue weighted by Gasteiger charge is -2.60. The van der Waals surface area contributed by atoms with Gasteiger partial charge in [0.05, 0.1) is 18.7 Å². The van der Waals surface area contributed by atoms with E-state index in [9.17, 15) is 14.7 Å². The van der Waals surface area contributed by atoms with Crippen LogP contribution in [0.4, 0.5) is 0 Å². The van der Waals surface area contributed by atoms with E-state index < -0.39 is 17.7 Å². The van der Waals surface area contributed by atoms with Gasteiger partial charge in [-0.15, -0.1) is 0 Å². The van der Waals surface area contributed by atoms with Crippen LogP contribution in [0.2, 0.25) is 0 Å². The van der Waals surface area contributed by atoms with Gasteiger partial charge < -0.3 is 5.11 Å². The van der Waals surface area contributed by atoms with Crippen molar-refractivity contribution >= 4 is 11.8 Å². The molecule has 3 aliphatic heterocycles. The third-order valence-electron chi connectivity index (χ3n) is 7.56. The monoisotopic (exact) mass is 418 g/mol. The predicted molar refractivity (Wildman–Crippen MR) is 113 cm³/mol. The number of carbonyl (C=O) groups is 2. The Kier molecular flexibility index (Phi) is 4.28. The largest absolute Gasteiger partial charge is 0.392 e. The highest BCUT2D eigenvalue weighted by Gasteiger charge is 2.65. The van der Waals surface area contributed by atoms with E-state index in [1.54, 1.807) is 12.4 Å². The van der Waals surface area contributed by atoms with E-state index in [4.69, 9.17) is 0 Å². The van der Waals surface area contributed by atoms with Crippen LogP contribution in [0, 0.1) is 0 Å². The van der Waals surface area contributed by atoms with Crippen LogP contribution in [0.3, 0.4) is 0 Å². The van der Waals surface area contributed by atoms with Gasteiger partial charge in [0.2, 0.25) is 5.91 Å². The molecule has 1 aliphatic carbocycles. The van der Waals surface area contributed by atoms with Gasteiger partial charge in [0, 0.05) is 38.1 Å². The minimum absolute atomic E-state index is 0.126. The summed E-state index contributed by atoms with van der Waals surface area (Å²) in [7, 11) is 0. The van der Waals surface area contributed by atoms with Gasteiger partial charge in [-0.05, 0) is 42.0 Å². The van der Waals surface area contributed by atoms with Crippen molar-refractivity contribution in [1.29, 1.82) is 0 Å². The van der Waals surface area contributed by atoms with E-state index in [1.807, 2.05) is 17.0 Å². The van der Waals surface area contributed by atoms with E-state index in [2.05, 4.69) is 34.1 Å². The number of aliphatic hydroxyl groups is 1. The molecule has 0 bridgehead atoms.